The topological polar surface area (TPSA) is 20.2 Å². The Morgan fingerprint density at radius 3 is 1.33 bits per heavy atom. The van der Waals surface area contributed by atoms with E-state index in [2.05, 4.69) is 32.9 Å². The van der Waals surface area contributed by atoms with Crippen LogP contribution in [-0.2, 0) is 0 Å². The Kier molecular flexibility index (Phi) is 46.9. The summed E-state index contributed by atoms with van der Waals surface area (Å²) in [6.07, 6.45) is 0. The van der Waals surface area contributed by atoms with Gasteiger partial charge in [0.1, 0.15) is 0 Å². The normalized spacial score (nSPS) is 4.67. The van der Waals surface area contributed by atoms with Crippen molar-refractivity contribution in [1.29, 1.82) is 0 Å². The van der Waals surface area contributed by atoms with Crippen molar-refractivity contribution in [3.05, 3.63) is 38.9 Å². The number of rotatable bonds is 1. The Hall–Kier alpha value is -0.755. The number of hydrogen-bond donors (Lipinski definition) is 1. The summed E-state index contributed by atoms with van der Waals surface area (Å²) in [4.78, 5) is 0. The van der Waals surface area contributed by atoms with E-state index < -0.39 is 0 Å². The van der Waals surface area contributed by atoms with Gasteiger partial charge in [0.05, 0.1) is 0 Å². The molecule has 0 atom stereocenters. The van der Waals surface area contributed by atoms with Crippen molar-refractivity contribution in [1.82, 2.24) is 0 Å². The van der Waals surface area contributed by atoms with Crippen LogP contribution < -0.4 is 0 Å². The molecule has 9 heavy (non-hydrogen) atoms. The van der Waals surface area contributed by atoms with Gasteiger partial charge in [-0.15, -0.1) is 32.9 Å². The van der Waals surface area contributed by atoms with Crippen LogP contribution in [0.3, 0.4) is 0 Å². The summed E-state index contributed by atoms with van der Waals surface area (Å²) in [5.74, 6) is 1.47. The lowest BCUT2D eigenvalue weighted by Crippen LogP contribution is -1.97. The van der Waals surface area contributed by atoms with Gasteiger partial charge in [0.2, 0.25) is 0 Å². The third-order valence-electron chi connectivity index (χ3n) is 0.341. The third kappa shape index (κ3) is 129. The van der Waals surface area contributed by atoms with Gasteiger partial charge in [-0.25, -0.2) is 0 Å². The molecule has 0 aromatic rings. The highest BCUT2D eigenvalue weighted by atomic mass is 16.2. The molecule has 0 radical (unpaired) electrons. The Labute approximate surface area is 58.5 Å². The molecule has 1 nitrogen and oxygen atoms in total. The second-order valence-corrected chi connectivity index (χ2v) is 0.976. The van der Waals surface area contributed by atoms with Crippen molar-refractivity contribution >= 4 is 6.92 Å². The smallest absolute Gasteiger partial charge is 0.312 e. The van der Waals surface area contributed by atoms with E-state index in [1.807, 2.05) is 0 Å². The molecule has 0 rings (SSSR count). The molecule has 0 unspecified atom stereocenters. The maximum absolute atomic E-state index is 8.24. The quantitative estimate of drug-likeness (QED) is 0.420. The van der Waals surface area contributed by atoms with E-state index in [9.17, 15) is 0 Å². The second-order valence-electron chi connectivity index (χ2n) is 0.976. The fraction of sp³-hybridized carbons (Fsp3) is 0.143. The lowest BCUT2D eigenvalue weighted by atomic mass is 9.73. The van der Waals surface area contributed by atoms with Gasteiger partial charge in [0.15, 0.2) is 0 Å². The van der Waals surface area contributed by atoms with Crippen molar-refractivity contribution in [2.24, 2.45) is 0 Å². The summed E-state index contributed by atoms with van der Waals surface area (Å²) < 4.78 is 0. The molecular weight excluding hydrogens is 111 g/mol. The van der Waals surface area contributed by atoms with Crippen LogP contribution in [0, 0.1) is 0 Å². The van der Waals surface area contributed by atoms with Crippen molar-refractivity contribution in [3.63, 3.8) is 0 Å². The molecule has 0 spiro atoms. The van der Waals surface area contributed by atoms with Crippen LogP contribution in [-0.4, -0.2) is 11.9 Å². The van der Waals surface area contributed by atoms with E-state index in [1.165, 1.54) is 5.98 Å². The van der Waals surface area contributed by atoms with Gasteiger partial charge in [0.25, 0.3) is 0 Å². The Morgan fingerprint density at radius 2 is 1.33 bits per heavy atom. The van der Waals surface area contributed by atoms with Gasteiger partial charge >= 0.3 is 6.92 Å². The van der Waals surface area contributed by atoms with Crippen LogP contribution >= 0.6 is 0 Å². The Balaban J connectivity index is -0.0000000771. The lowest BCUT2D eigenvalue weighted by Gasteiger charge is -1.76. The van der Waals surface area contributed by atoms with E-state index in [0.29, 0.717) is 0 Å². The zero-order valence-corrected chi connectivity index (χ0v) is 6.14. The maximum Gasteiger partial charge on any atom is 0.312 e. The molecule has 52 valence electrons. The van der Waals surface area contributed by atoms with Crippen molar-refractivity contribution < 1.29 is 5.02 Å². The molecule has 0 fully saturated rings. The zero-order valence-electron chi connectivity index (χ0n) is 6.14. The molecule has 0 heterocycles. The first-order chi connectivity index (χ1) is 4.27. The first-order valence-electron chi connectivity index (χ1n) is 2.58. The van der Waals surface area contributed by atoms with Crippen LogP contribution in [0.4, 0.5) is 0 Å². The Bertz CT molecular complexity index is 50.9. The molecule has 0 aliphatic rings. The molecule has 0 bridgehead atoms. The van der Waals surface area contributed by atoms with Crippen LogP contribution in [0.1, 0.15) is 0 Å². The van der Waals surface area contributed by atoms with Gasteiger partial charge in [0, 0.05) is 0 Å². The molecule has 0 aromatic carbocycles. The summed E-state index contributed by atoms with van der Waals surface area (Å²) in [5, 5.41) is 8.24. The predicted molar refractivity (Wildman–Crippen MR) is 46.5 cm³/mol. The fourth-order valence-corrected chi connectivity index (χ4v) is 0. The van der Waals surface area contributed by atoms with Gasteiger partial charge in [-0.05, 0) is 0 Å². The van der Waals surface area contributed by atoms with Crippen molar-refractivity contribution in [3.8, 4) is 0 Å². The van der Waals surface area contributed by atoms with E-state index >= 15 is 0 Å². The summed E-state index contributed by atoms with van der Waals surface area (Å²) in [5.41, 5.74) is 0. The highest BCUT2D eigenvalue weighted by Crippen LogP contribution is 1.67. The molecular formula is C7H15BO. The molecule has 0 amide bonds. The van der Waals surface area contributed by atoms with Gasteiger partial charge in [-0.2, -0.15) is 0 Å². The summed E-state index contributed by atoms with van der Waals surface area (Å²) in [6, 6.07) is 0. The van der Waals surface area contributed by atoms with E-state index in [0.717, 1.165) is 0 Å². The van der Waals surface area contributed by atoms with E-state index in [4.69, 9.17) is 5.02 Å². The van der Waals surface area contributed by atoms with Gasteiger partial charge < -0.3 is 5.02 Å². The van der Waals surface area contributed by atoms with E-state index in [-0.39, 0.29) is 6.92 Å². The second kappa shape index (κ2) is 26.8. The average Bonchev–Trinajstić information content (AvgIpc) is 1.97. The minimum atomic E-state index is -0.352. The summed E-state index contributed by atoms with van der Waals surface area (Å²) >= 11 is 0. The molecule has 0 aliphatic heterocycles. The fourth-order valence-electron chi connectivity index (χ4n) is 0. The minimum Gasteiger partial charge on any atom is -0.447 e. The Morgan fingerprint density at radius 1 is 1.22 bits per heavy atom. The van der Waals surface area contributed by atoms with Crippen molar-refractivity contribution in [2.45, 2.75) is 6.82 Å². The predicted octanol–water partition coefficient (Wildman–Crippen LogP) is 1.93. The molecule has 0 aromatic heterocycles. The SMILES string of the molecule is C=C.C=C.C=CB(C)O. The first kappa shape index (κ1) is 15.7. The van der Waals surface area contributed by atoms with Crippen LogP contribution in [0.2, 0.25) is 6.82 Å². The zero-order chi connectivity index (χ0) is 8.28. The van der Waals surface area contributed by atoms with Crippen LogP contribution in [0.25, 0.3) is 0 Å². The standard InChI is InChI=1S/C3H7BO.2C2H4/c1-3-4(2)5;2*1-2/h3,5H,1H2,2H3;2*1-2H2. The molecule has 0 saturated carbocycles. The first-order valence-corrected chi connectivity index (χ1v) is 2.58. The van der Waals surface area contributed by atoms with Crippen LogP contribution in [0.5, 0.6) is 0 Å². The third-order valence-corrected chi connectivity index (χ3v) is 0.341. The van der Waals surface area contributed by atoms with Crippen molar-refractivity contribution in [2.75, 3.05) is 0 Å². The number of hydrogen-bond acceptors (Lipinski definition) is 1. The maximum atomic E-state index is 8.24. The average molecular weight is 126 g/mol. The molecule has 0 saturated heterocycles. The largest absolute Gasteiger partial charge is 0.447 e. The summed E-state index contributed by atoms with van der Waals surface area (Å²) in [7, 11) is 0. The summed E-state index contributed by atoms with van der Waals surface area (Å²) in [6.45, 7) is 16.6. The highest BCUT2D eigenvalue weighted by Gasteiger charge is 1.86. The van der Waals surface area contributed by atoms with Crippen LogP contribution in [0.15, 0.2) is 38.9 Å². The highest BCUT2D eigenvalue weighted by molar-refractivity contribution is 6.54. The molecule has 2 heteroatoms. The lowest BCUT2D eigenvalue weighted by molar-refractivity contribution is 0.593. The molecule has 0 aliphatic carbocycles. The minimum absolute atomic E-state index is 0.352. The van der Waals surface area contributed by atoms with Gasteiger partial charge in [-0.1, -0.05) is 12.8 Å². The monoisotopic (exact) mass is 126 g/mol. The van der Waals surface area contributed by atoms with Gasteiger partial charge in [-0.3, -0.25) is 0 Å². The van der Waals surface area contributed by atoms with E-state index in [1.54, 1.807) is 6.82 Å². The molecule has 1 N–H and O–H groups in total.